The van der Waals surface area contributed by atoms with Gasteiger partial charge >= 0.3 is 11.9 Å². The molecule has 0 saturated heterocycles. The Morgan fingerprint density at radius 3 is 2.71 bits per heavy atom. The van der Waals surface area contributed by atoms with E-state index in [1.165, 1.54) is 18.3 Å². The number of aliphatic carboxylic acids is 1. The van der Waals surface area contributed by atoms with Crippen molar-refractivity contribution in [3.63, 3.8) is 0 Å². The van der Waals surface area contributed by atoms with Crippen molar-refractivity contribution < 1.29 is 19.4 Å². The van der Waals surface area contributed by atoms with Crippen LogP contribution in [0.15, 0.2) is 18.3 Å². The van der Waals surface area contributed by atoms with Gasteiger partial charge in [0.1, 0.15) is 5.69 Å². The van der Waals surface area contributed by atoms with Crippen molar-refractivity contribution in [1.82, 2.24) is 4.98 Å². The van der Waals surface area contributed by atoms with Gasteiger partial charge < -0.3 is 15.6 Å². The number of nitrogens with zero attached hydrogens (tertiary/aromatic N) is 1. The van der Waals surface area contributed by atoms with Crippen LogP contribution in [0, 0.1) is 0 Å². The maximum Gasteiger partial charge on any atom is 0.357 e. The number of carbonyl (C=O) groups is 2. The molecular weight excluding hydrogens is 188 g/mol. The Bertz CT molecular complexity index is 347. The first kappa shape index (κ1) is 9.97. The molecule has 6 nitrogen and oxygen atoms in total. The quantitative estimate of drug-likeness (QED) is 0.654. The summed E-state index contributed by atoms with van der Waals surface area (Å²) in [6.45, 7) is -0.676. The Hall–Kier alpha value is -2.11. The number of anilines is 1. The van der Waals surface area contributed by atoms with Crippen LogP contribution in [-0.2, 0) is 9.53 Å². The van der Waals surface area contributed by atoms with Gasteiger partial charge in [0.2, 0.25) is 0 Å². The fraction of sp³-hybridized carbons (Fsp3) is 0.125. The Balaban J connectivity index is 2.61. The molecule has 0 fully saturated rings. The van der Waals surface area contributed by atoms with Crippen molar-refractivity contribution in [3.8, 4) is 0 Å². The highest BCUT2D eigenvalue weighted by Gasteiger charge is 2.09. The standard InChI is InChI=1S/C8H8N2O4/c9-5-1-2-6(10-3-5)8(13)14-4-7(11)12/h1-3H,4,9H2,(H,11,12). The van der Waals surface area contributed by atoms with E-state index >= 15 is 0 Å². The maximum absolute atomic E-state index is 11.1. The van der Waals surface area contributed by atoms with E-state index < -0.39 is 18.5 Å². The molecule has 0 atom stereocenters. The van der Waals surface area contributed by atoms with E-state index in [0.29, 0.717) is 5.69 Å². The number of carboxylic acid groups (broad SMARTS) is 1. The minimum Gasteiger partial charge on any atom is -0.479 e. The number of carbonyl (C=O) groups excluding carboxylic acids is 1. The number of esters is 1. The van der Waals surface area contributed by atoms with Crippen LogP contribution in [0.5, 0.6) is 0 Å². The van der Waals surface area contributed by atoms with E-state index in [-0.39, 0.29) is 5.69 Å². The van der Waals surface area contributed by atoms with Gasteiger partial charge in [-0.1, -0.05) is 0 Å². The summed E-state index contributed by atoms with van der Waals surface area (Å²) in [5.74, 6) is -2.00. The molecular formula is C8H8N2O4. The van der Waals surface area contributed by atoms with E-state index in [1.54, 1.807) is 0 Å². The van der Waals surface area contributed by atoms with Crippen molar-refractivity contribution in [2.24, 2.45) is 0 Å². The molecule has 0 aliphatic heterocycles. The molecule has 0 radical (unpaired) electrons. The third-order valence-corrected chi connectivity index (χ3v) is 1.32. The highest BCUT2D eigenvalue weighted by Crippen LogP contribution is 2.02. The van der Waals surface area contributed by atoms with Crippen LogP contribution in [0.1, 0.15) is 10.5 Å². The topological polar surface area (TPSA) is 103 Å². The summed E-state index contributed by atoms with van der Waals surface area (Å²) in [6.07, 6.45) is 1.29. The average molecular weight is 196 g/mol. The molecule has 74 valence electrons. The fourth-order valence-corrected chi connectivity index (χ4v) is 0.727. The summed E-state index contributed by atoms with van der Waals surface area (Å²) >= 11 is 0. The van der Waals surface area contributed by atoms with Gasteiger partial charge in [-0.05, 0) is 12.1 Å². The van der Waals surface area contributed by atoms with Crippen molar-refractivity contribution in [3.05, 3.63) is 24.0 Å². The Morgan fingerprint density at radius 1 is 1.50 bits per heavy atom. The minimum atomic E-state index is -1.21. The van der Waals surface area contributed by atoms with Crippen LogP contribution in [-0.4, -0.2) is 28.6 Å². The smallest absolute Gasteiger partial charge is 0.357 e. The number of nitrogens with two attached hydrogens (primary N) is 1. The minimum absolute atomic E-state index is 0.0282. The van der Waals surface area contributed by atoms with Gasteiger partial charge in [0, 0.05) is 0 Å². The molecule has 0 unspecified atom stereocenters. The molecule has 1 aromatic rings. The number of hydrogen-bond acceptors (Lipinski definition) is 5. The molecule has 0 aliphatic rings. The number of ether oxygens (including phenoxy) is 1. The van der Waals surface area contributed by atoms with Gasteiger partial charge in [-0.25, -0.2) is 14.6 Å². The van der Waals surface area contributed by atoms with Gasteiger partial charge in [0.05, 0.1) is 11.9 Å². The summed E-state index contributed by atoms with van der Waals surface area (Å²) < 4.78 is 4.39. The Morgan fingerprint density at radius 2 is 2.21 bits per heavy atom. The lowest BCUT2D eigenvalue weighted by Crippen LogP contribution is -2.14. The van der Waals surface area contributed by atoms with E-state index in [4.69, 9.17) is 10.8 Å². The number of nitrogen functional groups attached to an aromatic ring is 1. The lowest BCUT2D eigenvalue weighted by atomic mass is 10.3. The van der Waals surface area contributed by atoms with Gasteiger partial charge in [-0.2, -0.15) is 0 Å². The van der Waals surface area contributed by atoms with Crippen molar-refractivity contribution in [1.29, 1.82) is 0 Å². The molecule has 1 heterocycles. The molecule has 0 spiro atoms. The van der Waals surface area contributed by atoms with Gasteiger partial charge in [0.15, 0.2) is 6.61 Å². The summed E-state index contributed by atoms with van der Waals surface area (Å²) in [4.78, 5) is 24.8. The number of rotatable bonds is 3. The molecule has 14 heavy (non-hydrogen) atoms. The first-order chi connectivity index (χ1) is 6.59. The molecule has 1 rings (SSSR count). The van der Waals surface area contributed by atoms with E-state index in [9.17, 15) is 9.59 Å². The highest BCUT2D eigenvalue weighted by atomic mass is 16.5. The molecule has 0 aromatic carbocycles. The van der Waals surface area contributed by atoms with E-state index in [1.807, 2.05) is 0 Å². The van der Waals surface area contributed by atoms with Crippen LogP contribution < -0.4 is 5.73 Å². The first-order valence-corrected chi connectivity index (χ1v) is 3.70. The Kier molecular flexibility index (Phi) is 3.01. The second kappa shape index (κ2) is 4.22. The van der Waals surface area contributed by atoms with Gasteiger partial charge in [-0.15, -0.1) is 0 Å². The molecule has 3 N–H and O–H groups in total. The first-order valence-electron chi connectivity index (χ1n) is 3.70. The second-order valence-corrected chi connectivity index (χ2v) is 2.45. The fourth-order valence-electron chi connectivity index (χ4n) is 0.727. The van der Waals surface area contributed by atoms with Gasteiger partial charge in [-0.3, -0.25) is 0 Å². The van der Waals surface area contributed by atoms with Crippen molar-refractivity contribution in [2.45, 2.75) is 0 Å². The maximum atomic E-state index is 11.1. The zero-order chi connectivity index (χ0) is 10.6. The SMILES string of the molecule is Nc1ccc(C(=O)OCC(=O)O)nc1. The zero-order valence-electron chi connectivity index (χ0n) is 7.14. The van der Waals surface area contributed by atoms with Crippen molar-refractivity contribution >= 4 is 17.6 Å². The third kappa shape index (κ3) is 2.74. The van der Waals surface area contributed by atoms with E-state index in [0.717, 1.165) is 0 Å². The summed E-state index contributed by atoms with van der Waals surface area (Å²) in [7, 11) is 0. The highest BCUT2D eigenvalue weighted by molar-refractivity contribution is 5.88. The largest absolute Gasteiger partial charge is 0.479 e. The number of aromatic nitrogens is 1. The van der Waals surface area contributed by atoms with Crippen LogP contribution in [0.3, 0.4) is 0 Å². The lowest BCUT2D eigenvalue weighted by molar-refractivity contribution is -0.140. The lowest BCUT2D eigenvalue weighted by Gasteiger charge is -2.00. The average Bonchev–Trinajstić information content (AvgIpc) is 2.15. The third-order valence-electron chi connectivity index (χ3n) is 1.32. The molecule has 0 aliphatic carbocycles. The van der Waals surface area contributed by atoms with Crippen LogP contribution >= 0.6 is 0 Å². The normalized spacial score (nSPS) is 9.43. The summed E-state index contributed by atoms with van der Waals surface area (Å²) in [5, 5.41) is 8.24. The molecule has 0 amide bonds. The van der Waals surface area contributed by atoms with Crippen molar-refractivity contribution in [2.75, 3.05) is 12.3 Å². The van der Waals surface area contributed by atoms with Crippen LogP contribution in [0.2, 0.25) is 0 Å². The zero-order valence-corrected chi connectivity index (χ0v) is 7.14. The molecule has 1 aromatic heterocycles. The van der Waals surface area contributed by atoms with Crippen LogP contribution in [0.4, 0.5) is 5.69 Å². The monoisotopic (exact) mass is 196 g/mol. The van der Waals surface area contributed by atoms with Crippen LogP contribution in [0.25, 0.3) is 0 Å². The molecule has 6 heteroatoms. The Labute approximate surface area is 79.3 Å². The second-order valence-electron chi connectivity index (χ2n) is 2.45. The predicted molar refractivity (Wildman–Crippen MR) is 46.6 cm³/mol. The molecule has 0 bridgehead atoms. The molecule has 0 saturated carbocycles. The number of pyridine rings is 1. The number of carboxylic acids is 1. The van der Waals surface area contributed by atoms with E-state index in [2.05, 4.69) is 9.72 Å². The van der Waals surface area contributed by atoms with Gasteiger partial charge in [0.25, 0.3) is 0 Å². The number of hydrogen-bond donors (Lipinski definition) is 2. The predicted octanol–water partition coefficient (Wildman–Crippen LogP) is -0.0948. The summed E-state index contributed by atoms with van der Waals surface area (Å²) in [5.41, 5.74) is 5.78. The summed E-state index contributed by atoms with van der Waals surface area (Å²) in [6, 6.07) is 2.84.